The van der Waals surface area contributed by atoms with Crippen LogP contribution >= 0.6 is 0 Å². The summed E-state index contributed by atoms with van der Waals surface area (Å²) in [6.07, 6.45) is 1.46. The van der Waals surface area contributed by atoms with Gasteiger partial charge in [0.25, 0.3) is 0 Å². The van der Waals surface area contributed by atoms with E-state index in [2.05, 4.69) is 20.2 Å². The van der Waals surface area contributed by atoms with Gasteiger partial charge in [-0.1, -0.05) is 0 Å². The van der Waals surface area contributed by atoms with E-state index in [9.17, 15) is 4.79 Å². The highest BCUT2D eigenvalue weighted by Gasteiger charge is 2.04. The van der Waals surface area contributed by atoms with Gasteiger partial charge >= 0.3 is 5.69 Å². The summed E-state index contributed by atoms with van der Waals surface area (Å²) < 4.78 is 0. The first-order valence-corrected chi connectivity index (χ1v) is 3.15. The molecule has 2 aromatic heterocycles. The van der Waals surface area contributed by atoms with Gasteiger partial charge in [0.1, 0.15) is 11.6 Å². The van der Waals surface area contributed by atoms with Crippen LogP contribution in [0.25, 0.3) is 11.2 Å². The number of nitrogens with zero attached hydrogens (tertiary/aromatic N) is 3. The molecule has 6 heteroatoms. The van der Waals surface area contributed by atoms with Gasteiger partial charge in [0.2, 0.25) is 0 Å². The molecule has 0 aromatic carbocycles. The van der Waals surface area contributed by atoms with Crippen LogP contribution in [0.1, 0.15) is 5.56 Å². The van der Waals surface area contributed by atoms with E-state index >= 15 is 0 Å². The number of rotatable bonds is 0. The molecule has 0 amide bonds. The number of hydrogen-bond donors (Lipinski definition) is 2. The minimum atomic E-state index is -0.557. The van der Waals surface area contributed by atoms with Crippen molar-refractivity contribution in [1.82, 2.24) is 20.2 Å². The lowest BCUT2D eigenvalue weighted by Gasteiger charge is -1.84. The number of aromatic amines is 2. The summed E-state index contributed by atoms with van der Waals surface area (Å²) in [5, 5.41) is 14.4. The number of H-pyrrole nitrogens is 2. The Hall–Kier alpha value is -2.16. The first-order chi connectivity index (χ1) is 5.81. The Labute approximate surface area is 65.9 Å². The van der Waals surface area contributed by atoms with Crippen molar-refractivity contribution in [2.45, 2.75) is 0 Å². The van der Waals surface area contributed by atoms with Gasteiger partial charge in [-0.05, 0) is 0 Å². The minimum absolute atomic E-state index is 0.307. The van der Waals surface area contributed by atoms with E-state index in [-0.39, 0.29) is 0 Å². The zero-order valence-corrected chi connectivity index (χ0v) is 5.83. The lowest BCUT2D eigenvalue weighted by Crippen LogP contribution is -2.11. The molecule has 2 rings (SSSR count). The van der Waals surface area contributed by atoms with Crippen molar-refractivity contribution in [2.24, 2.45) is 0 Å². The Balaban J connectivity index is 2.95. The first-order valence-electron chi connectivity index (χ1n) is 3.15. The molecule has 2 aromatic rings. The maximum atomic E-state index is 10.7. The maximum absolute atomic E-state index is 10.7. The van der Waals surface area contributed by atoms with Crippen LogP contribution in [0.3, 0.4) is 0 Å². The number of nitriles is 1. The molecule has 2 N–H and O–H groups in total. The predicted octanol–water partition coefficient (Wildman–Crippen LogP) is -0.482. The van der Waals surface area contributed by atoms with Crippen LogP contribution in [-0.2, 0) is 0 Å². The van der Waals surface area contributed by atoms with E-state index in [0.717, 1.165) is 0 Å². The largest absolute Gasteiger partial charge is 0.362 e. The summed E-state index contributed by atoms with van der Waals surface area (Å²) in [6, 6.07) is 1.89. The molecule has 0 aliphatic heterocycles. The third kappa shape index (κ3) is 0.769. The van der Waals surface area contributed by atoms with Crippen molar-refractivity contribution in [3.63, 3.8) is 0 Å². The number of aromatic nitrogens is 4. The normalized spacial score (nSPS) is 9.92. The minimum Gasteiger partial charge on any atom is -0.342 e. The van der Waals surface area contributed by atoms with Gasteiger partial charge in [-0.15, -0.1) is 0 Å². The molecule has 58 valence electrons. The number of hydrogen-bond acceptors (Lipinski definition) is 4. The van der Waals surface area contributed by atoms with E-state index in [1.165, 1.54) is 6.20 Å². The summed E-state index contributed by atoms with van der Waals surface area (Å²) in [5.41, 5.74) is 0.481. The molecule has 2 heterocycles. The van der Waals surface area contributed by atoms with Gasteiger partial charge < -0.3 is 4.98 Å². The molecule has 12 heavy (non-hydrogen) atoms. The fourth-order valence-corrected chi connectivity index (χ4v) is 0.919. The lowest BCUT2D eigenvalue weighted by molar-refractivity contribution is 0.953. The number of fused-ring (bicyclic) bond motifs is 1. The number of nitrogens with one attached hydrogen (secondary N) is 2. The molecule has 0 fully saturated rings. The van der Waals surface area contributed by atoms with E-state index < -0.39 is 5.69 Å². The SMILES string of the molecule is N#Cc1c[nH]c2n[nH]c(=O)nc12. The smallest absolute Gasteiger partial charge is 0.342 e. The van der Waals surface area contributed by atoms with Crippen LogP contribution in [0.15, 0.2) is 11.0 Å². The van der Waals surface area contributed by atoms with Crippen molar-refractivity contribution >= 4 is 11.2 Å². The van der Waals surface area contributed by atoms with Crippen LogP contribution in [-0.4, -0.2) is 20.2 Å². The molecule has 0 saturated carbocycles. The van der Waals surface area contributed by atoms with Crippen molar-refractivity contribution < 1.29 is 0 Å². The summed E-state index contributed by atoms with van der Waals surface area (Å²) in [5.74, 6) is 0. The van der Waals surface area contributed by atoms with E-state index in [0.29, 0.717) is 16.7 Å². The molecule has 0 unspecified atom stereocenters. The van der Waals surface area contributed by atoms with Crippen molar-refractivity contribution in [1.29, 1.82) is 5.26 Å². The Morgan fingerprint density at radius 2 is 2.42 bits per heavy atom. The third-order valence-corrected chi connectivity index (χ3v) is 1.43. The van der Waals surface area contributed by atoms with E-state index in [4.69, 9.17) is 5.26 Å². The summed E-state index contributed by atoms with van der Waals surface area (Å²) >= 11 is 0. The van der Waals surface area contributed by atoms with Crippen molar-refractivity contribution in [3.8, 4) is 6.07 Å². The molecular weight excluding hydrogens is 158 g/mol. The van der Waals surface area contributed by atoms with Gasteiger partial charge in [-0.25, -0.2) is 9.89 Å². The first kappa shape index (κ1) is 6.54. The van der Waals surface area contributed by atoms with Crippen LogP contribution in [0.5, 0.6) is 0 Å². The molecule has 0 bridgehead atoms. The Morgan fingerprint density at radius 1 is 1.58 bits per heavy atom. The van der Waals surface area contributed by atoms with Crippen LogP contribution in [0.4, 0.5) is 0 Å². The Bertz CT molecular complexity index is 516. The Morgan fingerprint density at radius 3 is 3.17 bits per heavy atom. The second-order valence-corrected chi connectivity index (χ2v) is 2.15. The van der Waals surface area contributed by atoms with Crippen LogP contribution < -0.4 is 5.69 Å². The van der Waals surface area contributed by atoms with Crippen molar-refractivity contribution in [3.05, 3.63) is 22.2 Å². The monoisotopic (exact) mass is 161 g/mol. The van der Waals surface area contributed by atoms with Gasteiger partial charge in [0.05, 0.1) is 5.56 Å². The molecule has 0 aliphatic rings. The molecule has 0 saturated heterocycles. The molecule has 0 radical (unpaired) electrons. The second kappa shape index (κ2) is 2.17. The van der Waals surface area contributed by atoms with Gasteiger partial charge in [-0.2, -0.15) is 15.3 Å². The predicted molar refractivity (Wildman–Crippen MR) is 39.2 cm³/mol. The van der Waals surface area contributed by atoms with Gasteiger partial charge in [0, 0.05) is 6.20 Å². The van der Waals surface area contributed by atoms with E-state index in [1.54, 1.807) is 0 Å². The highest BCUT2D eigenvalue weighted by Crippen LogP contribution is 2.08. The van der Waals surface area contributed by atoms with Crippen LogP contribution in [0, 0.1) is 11.3 Å². The van der Waals surface area contributed by atoms with Crippen molar-refractivity contribution in [2.75, 3.05) is 0 Å². The lowest BCUT2D eigenvalue weighted by atomic mass is 10.3. The molecule has 0 atom stereocenters. The fraction of sp³-hybridized carbons (Fsp3) is 0. The second-order valence-electron chi connectivity index (χ2n) is 2.15. The van der Waals surface area contributed by atoms with E-state index in [1.807, 2.05) is 6.07 Å². The van der Waals surface area contributed by atoms with Gasteiger partial charge in [-0.3, -0.25) is 0 Å². The standard InChI is InChI=1S/C6H3N5O/c7-1-3-2-8-5-4(3)9-6(12)11-10-5/h2H,(H,8,10)(H,9,11,12). The average Bonchev–Trinajstić information content (AvgIpc) is 2.46. The quantitative estimate of drug-likeness (QED) is 0.545. The molecule has 0 aliphatic carbocycles. The maximum Gasteiger partial charge on any atom is 0.362 e. The van der Waals surface area contributed by atoms with Crippen LogP contribution in [0.2, 0.25) is 0 Å². The highest BCUT2D eigenvalue weighted by atomic mass is 16.1. The topological polar surface area (TPSA) is 98.2 Å². The molecule has 6 nitrogen and oxygen atoms in total. The average molecular weight is 161 g/mol. The zero-order valence-electron chi connectivity index (χ0n) is 5.83. The highest BCUT2D eigenvalue weighted by molar-refractivity contribution is 5.77. The fourth-order valence-electron chi connectivity index (χ4n) is 0.919. The Kier molecular flexibility index (Phi) is 1.18. The molecule has 0 spiro atoms. The third-order valence-electron chi connectivity index (χ3n) is 1.43. The molecular formula is C6H3N5O. The zero-order chi connectivity index (χ0) is 8.55. The van der Waals surface area contributed by atoms with Gasteiger partial charge in [0.15, 0.2) is 5.65 Å². The summed E-state index contributed by atoms with van der Waals surface area (Å²) in [7, 11) is 0. The summed E-state index contributed by atoms with van der Waals surface area (Å²) in [4.78, 5) is 17.0. The summed E-state index contributed by atoms with van der Waals surface area (Å²) in [6.45, 7) is 0.